The highest BCUT2D eigenvalue weighted by molar-refractivity contribution is 7.89. The van der Waals surface area contributed by atoms with E-state index >= 15 is 0 Å². The van der Waals surface area contributed by atoms with Crippen LogP contribution in [0.3, 0.4) is 0 Å². The first-order valence-corrected chi connectivity index (χ1v) is 13.1. The fraction of sp³-hybridized carbons (Fsp3) is 0.480. The smallest absolute Gasteiger partial charge is 0.243 e. The quantitative estimate of drug-likeness (QED) is 0.477. The highest BCUT2D eigenvalue weighted by atomic mass is 32.2. The number of carbonyl (C=O) groups excluding carboxylic acids is 1. The Hall–Kier alpha value is -2.26. The van der Waals surface area contributed by atoms with Gasteiger partial charge in [-0.2, -0.15) is 4.31 Å². The summed E-state index contributed by atoms with van der Waals surface area (Å²) in [7, 11) is -1.87. The highest BCUT2D eigenvalue weighted by Gasteiger charge is 2.24. The lowest BCUT2D eigenvalue weighted by Gasteiger charge is -2.28. The van der Waals surface area contributed by atoms with Crippen molar-refractivity contribution in [2.75, 3.05) is 46.4 Å². The summed E-state index contributed by atoms with van der Waals surface area (Å²) in [6.07, 6.45) is 2.38. The Morgan fingerprint density at radius 1 is 1.03 bits per heavy atom. The van der Waals surface area contributed by atoms with Crippen LogP contribution in [0, 0.1) is 0 Å². The van der Waals surface area contributed by atoms with Crippen molar-refractivity contribution >= 4 is 15.8 Å². The Balaban J connectivity index is 1.62. The monoisotopic (exact) mass is 473 g/mol. The molecule has 1 fully saturated rings. The first-order valence-electron chi connectivity index (χ1n) is 11.6. The zero-order valence-electron chi connectivity index (χ0n) is 19.8. The summed E-state index contributed by atoms with van der Waals surface area (Å²) in [5, 5.41) is 3.32. The molecule has 1 aliphatic rings. The average molecular weight is 474 g/mol. The first kappa shape index (κ1) is 25.4. The van der Waals surface area contributed by atoms with Crippen molar-refractivity contribution in [1.82, 2.24) is 14.5 Å². The normalized spacial score (nSPS) is 15.6. The molecule has 33 heavy (non-hydrogen) atoms. The van der Waals surface area contributed by atoms with Gasteiger partial charge >= 0.3 is 0 Å². The minimum atomic E-state index is -3.53. The number of methoxy groups -OCH3 is 1. The molecule has 0 bridgehead atoms. The molecule has 1 atom stereocenters. The standard InChI is InChI=1S/C25H35N3O4S/c1-4-28(5-2)33(30,31)23-14-10-21(11-15-23)25(29)19-26-18-24(27-16-6-7-17-27)20-8-12-22(32-3)13-9-20/h8-15,24,26H,4-7,16-19H2,1-3H3. The predicted molar refractivity (Wildman–Crippen MR) is 130 cm³/mol. The van der Waals surface area contributed by atoms with E-state index in [9.17, 15) is 13.2 Å². The lowest BCUT2D eigenvalue weighted by Crippen LogP contribution is -2.36. The van der Waals surface area contributed by atoms with Gasteiger partial charge < -0.3 is 10.1 Å². The molecule has 0 amide bonds. The van der Waals surface area contributed by atoms with Gasteiger partial charge in [-0.05, 0) is 55.8 Å². The van der Waals surface area contributed by atoms with E-state index in [0.29, 0.717) is 25.2 Å². The molecule has 0 radical (unpaired) electrons. The Labute approximate surface area is 197 Å². The highest BCUT2D eigenvalue weighted by Crippen LogP contribution is 2.26. The number of Topliss-reactive ketones (excluding diaryl/α,β-unsaturated/α-hetero) is 1. The maximum absolute atomic E-state index is 12.7. The minimum absolute atomic E-state index is 0.0586. The fourth-order valence-corrected chi connectivity index (χ4v) is 5.74. The number of likely N-dealkylation sites (tertiary alicyclic amines) is 1. The zero-order chi connectivity index (χ0) is 23.8. The number of ketones is 1. The van der Waals surface area contributed by atoms with Gasteiger partial charge in [0, 0.05) is 31.2 Å². The third-order valence-corrected chi connectivity index (χ3v) is 8.29. The van der Waals surface area contributed by atoms with Crippen LogP contribution in [-0.2, 0) is 10.0 Å². The number of benzene rings is 2. The largest absolute Gasteiger partial charge is 0.497 e. The topological polar surface area (TPSA) is 79.0 Å². The minimum Gasteiger partial charge on any atom is -0.497 e. The molecule has 0 aromatic heterocycles. The lowest BCUT2D eigenvalue weighted by molar-refractivity contribution is 0.0987. The van der Waals surface area contributed by atoms with Gasteiger partial charge in [-0.1, -0.05) is 38.1 Å². The van der Waals surface area contributed by atoms with E-state index in [-0.39, 0.29) is 23.3 Å². The van der Waals surface area contributed by atoms with E-state index in [0.717, 1.165) is 18.8 Å². The van der Waals surface area contributed by atoms with Crippen LogP contribution in [0.25, 0.3) is 0 Å². The summed E-state index contributed by atoms with van der Waals surface area (Å²) in [4.78, 5) is 15.4. The molecular formula is C25H35N3O4S. The van der Waals surface area contributed by atoms with Crippen LogP contribution in [0.4, 0.5) is 0 Å². The number of rotatable bonds is 12. The number of carbonyl (C=O) groups is 1. The van der Waals surface area contributed by atoms with E-state index in [1.807, 2.05) is 26.0 Å². The van der Waals surface area contributed by atoms with E-state index in [4.69, 9.17) is 4.74 Å². The van der Waals surface area contributed by atoms with Gasteiger partial charge in [0.05, 0.1) is 18.6 Å². The molecule has 1 unspecified atom stereocenters. The number of nitrogens with one attached hydrogen (secondary N) is 1. The first-order chi connectivity index (χ1) is 15.9. The van der Waals surface area contributed by atoms with Crippen LogP contribution in [0.5, 0.6) is 5.75 Å². The van der Waals surface area contributed by atoms with Crippen molar-refractivity contribution in [3.63, 3.8) is 0 Å². The van der Waals surface area contributed by atoms with Gasteiger partial charge in [0.15, 0.2) is 5.78 Å². The number of hydrogen-bond donors (Lipinski definition) is 1. The summed E-state index contributed by atoms with van der Waals surface area (Å²) in [5.41, 5.74) is 1.70. The maximum atomic E-state index is 12.7. The zero-order valence-corrected chi connectivity index (χ0v) is 20.6. The van der Waals surface area contributed by atoms with Crippen LogP contribution in [0.2, 0.25) is 0 Å². The number of ether oxygens (including phenoxy) is 1. The molecule has 1 N–H and O–H groups in total. The molecule has 7 nitrogen and oxygen atoms in total. The van der Waals surface area contributed by atoms with Crippen LogP contribution < -0.4 is 10.1 Å². The summed E-state index contributed by atoms with van der Waals surface area (Å²) < 4.78 is 32.0. The summed E-state index contributed by atoms with van der Waals surface area (Å²) in [6.45, 7) is 7.41. The number of hydrogen-bond acceptors (Lipinski definition) is 6. The molecule has 8 heteroatoms. The molecule has 3 rings (SSSR count). The SMILES string of the molecule is CCN(CC)S(=O)(=O)c1ccc(C(=O)CNCC(c2ccc(OC)cc2)N2CCCC2)cc1. The van der Waals surface area contributed by atoms with Crippen molar-refractivity contribution in [3.8, 4) is 5.75 Å². The Morgan fingerprint density at radius 3 is 2.18 bits per heavy atom. The van der Waals surface area contributed by atoms with E-state index < -0.39 is 10.0 Å². The van der Waals surface area contributed by atoms with Crippen molar-refractivity contribution in [2.24, 2.45) is 0 Å². The Kier molecular flexibility index (Phi) is 9.02. The molecule has 180 valence electrons. The third-order valence-electron chi connectivity index (χ3n) is 6.22. The third kappa shape index (κ3) is 6.20. The molecule has 2 aromatic rings. The molecule has 0 aliphatic carbocycles. The van der Waals surface area contributed by atoms with Crippen molar-refractivity contribution in [1.29, 1.82) is 0 Å². The van der Waals surface area contributed by atoms with E-state index in [1.54, 1.807) is 19.2 Å². The van der Waals surface area contributed by atoms with Gasteiger partial charge in [0.25, 0.3) is 0 Å². The second-order valence-corrected chi connectivity index (χ2v) is 10.1. The second kappa shape index (κ2) is 11.7. The van der Waals surface area contributed by atoms with Gasteiger partial charge in [0.1, 0.15) is 5.75 Å². The Morgan fingerprint density at radius 2 is 1.64 bits per heavy atom. The average Bonchev–Trinajstić information content (AvgIpc) is 3.37. The second-order valence-electron chi connectivity index (χ2n) is 8.20. The van der Waals surface area contributed by atoms with E-state index in [1.165, 1.54) is 34.8 Å². The van der Waals surface area contributed by atoms with Gasteiger partial charge in [-0.25, -0.2) is 8.42 Å². The van der Waals surface area contributed by atoms with Crippen molar-refractivity contribution in [3.05, 3.63) is 59.7 Å². The van der Waals surface area contributed by atoms with Crippen molar-refractivity contribution in [2.45, 2.75) is 37.6 Å². The number of sulfonamides is 1. The number of nitrogens with zero attached hydrogens (tertiary/aromatic N) is 2. The van der Waals surface area contributed by atoms with E-state index in [2.05, 4.69) is 22.3 Å². The fourth-order valence-electron chi connectivity index (χ4n) is 4.29. The predicted octanol–water partition coefficient (Wildman–Crippen LogP) is 3.34. The van der Waals surface area contributed by atoms with Crippen LogP contribution in [-0.4, -0.2) is 69.8 Å². The summed E-state index contributed by atoms with van der Waals surface area (Å²) in [5.74, 6) is 0.769. The summed E-state index contributed by atoms with van der Waals surface area (Å²) in [6, 6.07) is 14.5. The maximum Gasteiger partial charge on any atom is 0.243 e. The molecular weight excluding hydrogens is 438 g/mol. The molecule has 0 saturated carbocycles. The molecule has 1 heterocycles. The van der Waals surface area contributed by atoms with Crippen LogP contribution in [0.15, 0.2) is 53.4 Å². The van der Waals surface area contributed by atoms with Gasteiger partial charge in [-0.3, -0.25) is 9.69 Å². The van der Waals surface area contributed by atoms with Crippen molar-refractivity contribution < 1.29 is 17.9 Å². The molecule has 1 aliphatic heterocycles. The lowest BCUT2D eigenvalue weighted by atomic mass is 10.0. The van der Waals surface area contributed by atoms with Gasteiger partial charge in [0.2, 0.25) is 10.0 Å². The molecule has 0 spiro atoms. The van der Waals surface area contributed by atoms with Crippen LogP contribution >= 0.6 is 0 Å². The molecule has 1 saturated heterocycles. The molecule has 2 aromatic carbocycles. The van der Waals surface area contributed by atoms with Gasteiger partial charge in [-0.15, -0.1) is 0 Å². The Bertz CT molecular complexity index is 997. The summed E-state index contributed by atoms with van der Waals surface area (Å²) >= 11 is 0. The van der Waals surface area contributed by atoms with Crippen LogP contribution in [0.1, 0.15) is 48.7 Å².